The minimum Gasteiger partial charge on any atom is -0.482 e. The lowest BCUT2D eigenvalue weighted by Crippen LogP contribution is -2.30. The van der Waals surface area contributed by atoms with Gasteiger partial charge in [-0.1, -0.05) is 72.8 Å². The van der Waals surface area contributed by atoms with Crippen LogP contribution in [0.15, 0.2) is 84.9 Å². The van der Waals surface area contributed by atoms with Gasteiger partial charge < -0.3 is 15.4 Å². The van der Waals surface area contributed by atoms with Gasteiger partial charge >= 0.3 is 0 Å². The summed E-state index contributed by atoms with van der Waals surface area (Å²) in [6, 6.07) is 27.6. The minimum atomic E-state index is -0.201. The van der Waals surface area contributed by atoms with Gasteiger partial charge in [0, 0.05) is 19.4 Å². The standard InChI is InChI=1S/C25H26N2O3/c1-19(28)27-23-14-8-9-15-24(23)30-18-25(29)26-17-16-22(20-10-4-2-5-11-20)21-12-6-3-7-13-21/h2-15,22H,16-18H2,1H3,(H,26,29)(H,27,28). The summed E-state index contributed by atoms with van der Waals surface area (Å²) >= 11 is 0. The van der Waals surface area contributed by atoms with E-state index in [1.54, 1.807) is 24.3 Å². The summed E-state index contributed by atoms with van der Waals surface area (Å²) in [5, 5.41) is 5.63. The van der Waals surface area contributed by atoms with Gasteiger partial charge in [-0.2, -0.15) is 0 Å². The SMILES string of the molecule is CC(=O)Nc1ccccc1OCC(=O)NCCC(c1ccccc1)c1ccccc1. The number of benzene rings is 3. The second kappa shape index (κ2) is 10.8. The molecule has 2 amide bonds. The van der Waals surface area contributed by atoms with E-state index in [9.17, 15) is 9.59 Å². The number of nitrogens with one attached hydrogen (secondary N) is 2. The summed E-state index contributed by atoms with van der Waals surface area (Å²) in [6.07, 6.45) is 0.780. The monoisotopic (exact) mass is 402 g/mol. The predicted molar refractivity (Wildman–Crippen MR) is 119 cm³/mol. The van der Waals surface area contributed by atoms with Crippen LogP contribution in [0.25, 0.3) is 0 Å². The molecule has 0 aromatic heterocycles. The van der Waals surface area contributed by atoms with Crippen LogP contribution in [0.2, 0.25) is 0 Å². The molecule has 2 N–H and O–H groups in total. The molecule has 30 heavy (non-hydrogen) atoms. The van der Waals surface area contributed by atoms with Crippen molar-refractivity contribution >= 4 is 17.5 Å². The number of carbonyl (C=O) groups excluding carboxylic acids is 2. The average molecular weight is 402 g/mol. The molecule has 0 heterocycles. The highest BCUT2D eigenvalue weighted by Gasteiger charge is 2.14. The van der Waals surface area contributed by atoms with Gasteiger partial charge in [0.05, 0.1) is 5.69 Å². The zero-order valence-corrected chi connectivity index (χ0v) is 17.0. The van der Waals surface area contributed by atoms with Gasteiger partial charge in [0.2, 0.25) is 5.91 Å². The molecule has 3 aromatic carbocycles. The highest BCUT2D eigenvalue weighted by molar-refractivity contribution is 5.90. The van der Waals surface area contributed by atoms with E-state index in [2.05, 4.69) is 34.9 Å². The largest absolute Gasteiger partial charge is 0.482 e. The number of hydrogen-bond acceptors (Lipinski definition) is 3. The van der Waals surface area contributed by atoms with Gasteiger partial charge in [0.15, 0.2) is 6.61 Å². The fourth-order valence-corrected chi connectivity index (χ4v) is 3.33. The number of rotatable bonds is 9. The Morgan fingerprint density at radius 1 is 0.833 bits per heavy atom. The van der Waals surface area contributed by atoms with Crippen molar-refractivity contribution in [2.75, 3.05) is 18.5 Å². The first-order valence-electron chi connectivity index (χ1n) is 9.99. The van der Waals surface area contributed by atoms with Crippen molar-refractivity contribution in [2.45, 2.75) is 19.3 Å². The van der Waals surface area contributed by atoms with Crippen LogP contribution >= 0.6 is 0 Å². The number of anilines is 1. The summed E-state index contributed by atoms with van der Waals surface area (Å²) in [7, 11) is 0. The van der Waals surface area contributed by atoms with Crippen LogP contribution in [0.3, 0.4) is 0 Å². The van der Waals surface area contributed by atoms with Crippen molar-refractivity contribution in [3.05, 3.63) is 96.1 Å². The van der Waals surface area contributed by atoms with Crippen molar-refractivity contribution in [1.82, 2.24) is 5.32 Å². The predicted octanol–water partition coefficient (Wildman–Crippen LogP) is 4.36. The molecule has 5 heteroatoms. The number of para-hydroxylation sites is 2. The Morgan fingerprint density at radius 3 is 2.00 bits per heavy atom. The maximum atomic E-state index is 12.3. The topological polar surface area (TPSA) is 67.4 Å². The molecule has 3 aromatic rings. The molecular formula is C25H26N2O3. The third-order valence-electron chi connectivity index (χ3n) is 4.72. The molecule has 0 saturated carbocycles. The van der Waals surface area contributed by atoms with Crippen LogP contribution in [0.5, 0.6) is 5.75 Å². The molecule has 0 radical (unpaired) electrons. The Kier molecular flexibility index (Phi) is 7.61. The molecular weight excluding hydrogens is 376 g/mol. The Balaban J connectivity index is 1.55. The molecule has 3 rings (SSSR count). The first kappa shape index (κ1) is 21.1. The Bertz CT molecular complexity index is 919. The van der Waals surface area contributed by atoms with Crippen molar-refractivity contribution in [2.24, 2.45) is 0 Å². The molecule has 0 atom stereocenters. The molecule has 0 aliphatic heterocycles. The average Bonchev–Trinajstić information content (AvgIpc) is 2.77. The summed E-state index contributed by atoms with van der Waals surface area (Å²) in [6.45, 7) is 1.85. The van der Waals surface area contributed by atoms with E-state index < -0.39 is 0 Å². The van der Waals surface area contributed by atoms with Gasteiger partial charge in [0.25, 0.3) is 5.91 Å². The molecule has 0 unspecified atom stereocenters. The van der Waals surface area contributed by atoms with E-state index in [1.807, 2.05) is 36.4 Å². The van der Waals surface area contributed by atoms with Crippen molar-refractivity contribution in [1.29, 1.82) is 0 Å². The lowest BCUT2D eigenvalue weighted by Gasteiger charge is -2.18. The van der Waals surface area contributed by atoms with Gasteiger partial charge in [-0.05, 0) is 29.7 Å². The third kappa shape index (κ3) is 6.21. The highest BCUT2D eigenvalue weighted by Crippen LogP contribution is 2.27. The van der Waals surface area contributed by atoms with E-state index >= 15 is 0 Å². The van der Waals surface area contributed by atoms with E-state index in [4.69, 9.17) is 4.74 Å². The van der Waals surface area contributed by atoms with Crippen molar-refractivity contribution < 1.29 is 14.3 Å². The molecule has 0 spiro atoms. The lowest BCUT2D eigenvalue weighted by atomic mass is 9.88. The molecule has 5 nitrogen and oxygen atoms in total. The quantitative estimate of drug-likeness (QED) is 0.559. The normalized spacial score (nSPS) is 10.5. The van der Waals surface area contributed by atoms with Gasteiger partial charge in [0.1, 0.15) is 5.75 Å². The minimum absolute atomic E-state index is 0.113. The molecule has 0 aliphatic rings. The zero-order chi connectivity index (χ0) is 21.2. The first-order chi connectivity index (χ1) is 14.6. The second-order valence-corrected chi connectivity index (χ2v) is 6.98. The van der Waals surface area contributed by atoms with E-state index in [1.165, 1.54) is 18.1 Å². The van der Waals surface area contributed by atoms with Crippen LogP contribution in [-0.2, 0) is 9.59 Å². The smallest absolute Gasteiger partial charge is 0.257 e. The lowest BCUT2D eigenvalue weighted by molar-refractivity contribution is -0.123. The summed E-state index contributed by atoms with van der Waals surface area (Å²) < 4.78 is 5.60. The number of carbonyl (C=O) groups is 2. The third-order valence-corrected chi connectivity index (χ3v) is 4.72. The fourth-order valence-electron chi connectivity index (χ4n) is 3.33. The summed E-state index contributed by atoms with van der Waals surface area (Å²) in [5.41, 5.74) is 2.99. The van der Waals surface area contributed by atoms with E-state index in [0.29, 0.717) is 18.0 Å². The van der Waals surface area contributed by atoms with Gasteiger partial charge in [-0.3, -0.25) is 9.59 Å². The highest BCUT2D eigenvalue weighted by atomic mass is 16.5. The number of hydrogen-bond donors (Lipinski definition) is 2. The Morgan fingerprint density at radius 2 is 1.40 bits per heavy atom. The molecule has 0 aliphatic carbocycles. The van der Waals surface area contributed by atoms with E-state index in [-0.39, 0.29) is 24.3 Å². The Labute approximate surface area is 177 Å². The fraction of sp³-hybridized carbons (Fsp3) is 0.200. The molecule has 0 fully saturated rings. The first-order valence-corrected chi connectivity index (χ1v) is 9.99. The molecule has 0 bridgehead atoms. The van der Waals surface area contributed by atoms with Crippen LogP contribution in [0.1, 0.15) is 30.4 Å². The van der Waals surface area contributed by atoms with Crippen LogP contribution in [0.4, 0.5) is 5.69 Å². The maximum Gasteiger partial charge on any atom is 0.257 e. The van der Waals surface area contributed by atoms with Crippen molar-refractivity contribution in [3.63, 3.8) is 0 Å². The van der Waals surface area contributed by atoms with Crippen molar-refractivity contribution in [3.8, 4) is 5.75 Å². The van der Waals surface area contributed by atoms with Crippen LogP contribution < -0.4 is 15.4 Å². The molecule has 0 saturated heterocycles. The maximum absolute atomic E-state index is 12.3. The van der Waals surface area contributed by atoms with E-state index in [0.717, 1.165) is 6.42 Å². The summed E-state index contributed by atoms with van der Waals surface area (Å²) in [4.78, 5) is 23.6. The number of ether oxygens (including phenoxy) is 1. The van der Waals surface area contributed by atoms with Crippen LogP contribution in [-0.4, -0.2) is 25.0 Å². The Hall–Kier alpha value is -3.60. The second-order valence-electron chi connectivity index (χ2n) is 6.98. The summed E-state index contributed by atoms with van der Waals surface area (Å²) in [5.74, 6) is 0.277. The molecule has 154 valence electrons. The van der Waals surface area contributed by atoms with Gasteiger partial charge in [-0.15, -0.1) is 0 Å². The zero-order valence-electron chi connectivity index (χ0n) is 17.0. The number of amides is 2. The van der Waals surface area contributed by atoms with Crippen LogP contribution in [0, 0.1) is 0 Å². The van der Waals surface area contributed by atoms with Gasteiger partial charge in [-0.25, -0.2) is 0 Å².